The Hall–Kier alpha value is -1.55. The van der Waals surface area contributed by atoms with Gasteiger partial charge in [0.2, 0.25) is 0 Å². The van der Waals surface area contributed by atoms with Crippen molar-refractivity contribution in [1.82, 2.24) is 0 Å². The van der Waals surface area contributed by atoms with Crippen molar-refractivity contribution in [2.75, 3.05) is 18.5 Å². The summed E-state index contributed by atoms with van der Waals surface area (Å²) in [5, 5.41) is 3.06. The number of rotatable bonds is 12. The van der Waals surface area contributed by atoms with Gasteiger partial charge in [0, 0.05) is 12.3 Å². The second-order valence-corrected chi connectivity index (χ2v) is 7.28. The van der Waals surface area contributed by atoms with E-state index in [1.165, 1.54) is 0 Å². The topological polar surface area (TPSA) is 47.6 Å². The summed E-state index contributed by atoms with van der Waals surface area (Å²) in [6, 6.07) is 3.96. The van der Waals surface area contributed by atoms with E-state index in [1.807, 2.05) is 32.9 Å². The van der Waals surface area contributed by atoms with E-state index >= 15 is 0 Å². The monoisotopic (exact) mass is 363 g/mol. The summed E-state index contributed by atoms with van der Waals surface area (Å²) >= 11 is 0. The summed E-state index contributed by atoms with van der Waals surface area (Å²) in [6.07, 6.45) is 5.79. The lowest BCUT2D eigenvalue weighted by Crippen LogP contribution is -2.43. The van der Waals surface area contributed by atoms with Crippen LogP contribution in [0.4, 0.5) is 5.69 Å². The van der Waals surface area contributed by atoms with Crippen molar-refractivity contribution in [3.63, 3.8) is 0 Å². The smallest absolute Gasteiger partial charge is 0.256 e. The molecule has 0 aliphatic heterocycles. The van der Waals surface area contributed by atoms with Crippen molar-refractivity contribution < 1.29 is 14.3 Å². The quantitative estimate of drug-likeness (QED) is 0.478. The summed E-state index contributed by atoms with van der Waals surface area (Å²) in [5.41, 5.74) is 2.10. The maximum atomic E-state index is 12.9. The molecule has 148 valence electrons. The number of unbranched alkanes of at least 4 members (excludes halogenated alkanes) is 2. The Morgan fingerprint density at radius 2 is 1.62 bits per heavy atom. The molecule has 0 aromatic heterocycles. The van der Waals surface area contributed by atoms with Crippen molar-refractivity contribution in [2.45, 2.75) is 85.7 Å². The molecule has 0 aliphatic carbocycles. The van der Waals surface area contributed by atoms with Crippen LogP contribution in [-0.2, 0) is 9.53 Å². The fourth-order valence-corrected chi connectivity index (χ4v) is 2.92. The Morgan fingerprint density at radius 1 is 1.00 bits per heavy atom. The van der Waals surface area contributed by atoms with E-state index in [4.69, 9.17) is 9.47 Å². The van der Waals surface area contributed by atoms with E-state index in [9.17, 15) is 4.79 Å². The zero-order valence-electron chi connectivity index (χ0n) is 17.5. The molecule has 0 saturated heterocycles. The first-order valence-corrected chi connectivity index (χ1v) is 10.1. The maximum absolute atomic E-state index is 12.9. The third-order valence-corrected chi connectivity index (χ3v) is 4.57. The number of amides is 1. The van der Waals surface area contributed by atoms with E-state index in [0.717, 1.165) is 67.7 Å². The second kappa shape index (κ2) is 11.2. The fraction of sp³-hybridized carbons (Fsp3) is 0.682. The zero-order chi connectivity index (χ0) is 19.6. The molecule has 1 atom stereocenters. The van der Waals surface area contributed by atoms with Crippen molar-refractivity contribution in [2.24, 2.45) is 0 Å². The molecular formula is C22H37NO3. The lowest BCUT2D eigenvalue weighted by atomic mass is 9.97. The summed E-state index contributed by atoms with van der Waals surface area (Å²) in [4.78, 5) is 12.9. The molecular weight excluding hydrogens is 326 g/mol. The molecule has 0 fully saturated rings. The van der Waals surface area contributed by atoms with Crippen LogP contribution in [-0.4, -0.2) is 24.7 Å². The molecule has 0 heterocycles. The van der Waals surface area contributed by atoms with Crippen molar-refractivity contribution in [3.8, 4) is 5.75 Å². The van der Waals surface area contributed by atoms with Gasteiger partial charge < -0.3 is 14.8 Å². The van der Waals surface area contributed by atoms with Crippen LogP contribution in [0, 0.1) is 13.8 Å². The van der Waals surface area contributed by atoms with Gasteiger partial charge in [-0.05, 0) is 63.3 Å². The summed E-state index contributed by atoms with van der Waals surface area (Å²) in [5.74, 6) is 0.852. The molecule has 4 heteroatoms. The molecule has 1 amide bonds. The Labute approximate surface area is 159 Å². The van der Waals surface area contributed by atoms with Crippen LogP contribution in [0.15, 0.2) is 12.1 Å². The normalized spacial score (nSPS) is 13.3. The Balaban J connectivity index is 2.89. The number of aryl methyl sites for hydroxylation is 2. The third kappa shape index (κ3) is 6.64. The highest BCUT2D eigenvalue weighted by molar-refractivity contribution is 5.97. The molecule has 0 saturated carbocycles. The van der Waals surface area contributed by atoms with Crippen LogP contribution >= 0.6 is 0 Å². The number of nitrogens with one attached hydrogen (secondary N) is 1. The average Bonchev–Trinajstić information content (AvgIpc) is 2.60. The molecule has 0 bridgehead atoms. The van der Waals surface area contributed by atoms with E-state index < -0.39 is 5.60 Å². The number of carbonyl (C=O) groups is 1. The predicted octanol–water partition coefficient (Wildman–Crippen LogP) is 5.80. The maximum Gasteiger partial charge on any atom is 0.256 e. The van der Waals surface area contributed by atoms with Gasteiger partial charge in [-0.1, -0.05) is 40.0 Å². The molecule has 4 nitrogen and oxygen atoms in total. The molecule has 1 rings (SSSR count). The van der Waals surface area contributed by atoms with Crippen LogP contribution in [0.1, 0.15) is 77.3 Å². The van der Waals surface area contributed by atoms with Gasteiger partial charge in [0.15, 0.2) is 0 Å². The molecule has 0 radical (unpaired) electrons. The molecule has 0 spiro atoms. The number of carbonyl (C=O) groups excluding carboxylic acids is 1. The van der Waals surface area contributed by atoms with Crippen LogP contribution in [0.25, 0.3) is 0 Å². The lowest BCUT2D eigenvalue weighted by molar-refractivity contribution is -0.140. The van der Waals surface area contributed by atoms with Crippen LogP contribution in [0.2, 0.25) is 0 Å². The first-order chi connectivity index (χ1) is 12.4. The lowest BCUT2D eigenvalue weighted by Gasteiger charge is -2.29. The molecule has 1 aromatic carbocycles. The van der Waals surface area contributed by atoms with Crippen LogP contribution < -0.4 is 10.1 Å². The number of hydrogen-bond donors (Lipinski definition) is 1. The van der Waals surface area contributed by atoms with E-state index in [0.29, 0.717) is 6.61 Å². The van der Waals surface area contributed by atoms with Gasteiger partial charge in [-0.2, -0.15) is 0 Å². The molecule has 0 aliphatic rings. The minimum Gasteiger partial charge on any atom is -0.493 e. The minimum absolute atomic E-state index is 0.0714. The van der Waals surface area contributed by atoms with Gasteiger partial charge in [0.1, 0.15) is 11.4 Å². The number of ether oxygens (including phenoxy) is 2. The summed E-state index contributed by atoms with van der Waals surface area (Å²) in [6.45, 7) is 13.6. The van der Waals surface area contributed by atoms with Crippen LogP contribution in [0.5, 0.6) is 5.75 Å². The van der Waals surface area contributed by atoms with E-state index in [-0.39, 0.29) is 5.91 Å². The molecule has 1 N–H and O–H groups in total. The second-order valence-electron chi connectivity index (χ2n) is 7.28. The molecule has 1 aromatic rings. The van der Waals surface area contributed by atoms with Crippen LogP contribution in [0.3, 0.4) is 0 Å². The van der Waals surface area contributed by atoms with Gasteiger partial charge in [0.25, 0.3) is 5.91 Å². The molecule has 1 unspecified atom stereocenters. The highest BCUT2D eigenvalue weighted by Crippen LogP contribution is 2.29. The van der Waals surface area contributed by atoms with Crippen molar-refractivity contribution in [3.05, 3.63) is 23.3 Å². The Morgan fingerprint density at radius 3 is 2.15 bits per heavy atom. The summed E-state index contributed by atoms with van der Waals surface area (Å²) < 4.78 is 11.8. The Kier molecular flexibility index (Phi) is 9.71. The third-order valence-electron chi connectivity index (χ3n) is 4.57. The fourth-order valence-electron chi connectivity index (χ4n) is 2.92. The highest BCUT2D eigenvalue weighted by Gasteiger charge is 2.33. The van der Waals surface area contributed by atoms with Gasteiger partial charge in [-0.15, -0.1) is 0 Å². The van der Waals surface area contributed by atoms with Gasteiger partial charge in [-0.3, -0.25) is 4.79 Å². The SMILES string of the molecule is CCCCOc1c(C)cc(NC(=O)C(C)(CCCC)OCCC)cc1C. The predicted molar refractivity (Wildman–Crippen MR) is 109 cm³/mol. The first-order valence-electron chi connectivity index (χ1n) is 10.1. The number of anilines is 1. The molecule has 26 heavy (non-hydrogen) atoms. The van der Waals surface area contributed by atoms with E-state index in [2.05, 4.69) is 26.1 Å². The minimum atomic E-state index is -0.788. The van der Waals surface area contributed by atoms with Gasteiger partial charge in [-0.25, -0.2) is 0 Å². The standard InChI is InChI=1S/C22H37NO3/c1-7-10-12-22(6,26-13-9-3)21(24)23-19-15-17(4)20(18(5)16-19)25-14-11-8-2/h15-16H,7-14H2,1-6H3,(H,23,24). The summed E-state index contributed by atoms with van der Waals surface area (Å²) in [7, 11) is 0. The first kappa shape index (κ1) is 22.5. The van der Waals surface area contributed by atoms with Gasteiger partial charge >= 0.3 is 0 Å². The van der Waals surface area contributed by atoms with E-state index in [1.54, 1.807) is 0 Å². The highest BCUT2D eigenvalue weighted by atomic mass is 16.5. The zero-order valence-corrected chi connectivity index (χ0v) is 17.5. The number of hydrogen-bond acceptors (Lipinski definition) is 3. The van der Waals surface area contributed by atoms with Crippen molar-refractivity contribution >= 4 is 11.6 Å². The van der Waals surface area contributed by atoms with Crippen molar-refractivity contribution in [1.29, 1.82) is 0 Å². The largest absolute Gasteiger partial charge is 0.493 e. The number of benzene rings is 1. The Bertz CT molecular complexity index is 538. The average molecular weight is 364 g/mol. The van der Waals surface area contributed by atoms with Gasteiger partial charge in [0.05, 0.1) is 6.61 Å².